The Morgan fingerprint density at radius 1 is 1.33 bits per heavy atom. The zero-order valence-electron chi connectivity index (χ0n) is 10.7. The van der Waals surface area contributed by atoms with Gasteiger partial charge in [-0.1, -0.05) is 37.1 Å². The van der Waals surface area contributed by atoms with Crippen LogP contribution in [0.25, 0.3) is 0 Å². The molecule has 0 bridgehead atoms. The molecule has 1 fully saturated rings. The van der Waals surface area contributed by atoms with Crippen LogP contribution in [-0.4, -0.2) is 5.54 Å². The molecule has 0 spiro atoms. The Morgan fingerprint density at radius 2 is 2.11 bits per heavy atom. The van der Waals surface area contributed by atoms with E-state index in [1.165, 1.54) is 6.42 Å². The van der Waals surface area contributed by atoms with E-state index in [0.29, 0.717) is 10.9 Å². The zero-order chi connectivity index (χ0) is 13.0. The van der Waals surface area contributed by atoms with Crippen molar-refractivity contribution in [1.29, 1.82) is 5.26 Å². The summed E-state index contributed by atoms with van der Waals surface area (Å²) in [6.45, 7) is 2.27. The van der Waals surface area contributed by atoms with Crippen LogP contribution in [-0.2, 0) is 0 Å². The lowest BCUT2D eigenvalue weighted by atomic mass is 9.91. The largest absolute Gasteiger partial charge is 0.366 e. The van der Waals surface area contributed by atoms with Crippen LogP contribution in [0.1, 0.15) is 39.0 Å². The molecule has 1 aromatic carbocycles. The highest BCUT2D eigenvalue weighted by atomic mass is 35.5. The molecule has 0 amide bonds. The van der Waals surface area contributed by atoms with Crippen molar-refractivity contribution in [2.75, 3.05) is 5.32 Å². The molecule has 1 aliphatic carbocycles. The van der Waals surface area contributed by atoms with Crippen molar-refractivity contribution in [2.24, 2.45) is 5.92 Å². The van der Waals surface area contributed by atoms with Crippen LogP contribution < -0.4 is 5.32 Å². The molecule has 0 aromatic heterocycles. The Morgan fingerprint density at radius 3 is 2.83 bits per heavy atom. The molecule has 2 atom stereocenters. The van der Waals surface area contributed by atoms with Crippen molar-refractivity contribution < 1.29 is 0 Å². The first kappa shape index (κ1) is 13.2. The number of anilines is 1. The Labute approximate surface area is 114 Å². The Bertz CT molecular complexity index is 452. The third-order valence-corrected chi connectivity index (χ3v) is 4.16. The summed E-state index contributed by atoms with van der Waals surface area (Å²) in [4.78, 5) is 0. The fourth-order valence-electron chi connectivity index (χ4n) is 2.60. The van der Waals surface area contributed by atoms with Gasteiger partial charge in [0.05, 0.1) is 16.8 Å². The fraction of sp³-hybridized carbons (Fsp3) is 0.533. The molecule has 0 aliphatic heterocycles. The Balaban J connectivity index is 2.18. The van der Waals surface area contributed by atoms with Crippen LogP contribution >= 0.6 is 11.6 Å². The number of nitriles is 1. The number of nitrogens with one attached hydrogen (secondary N) is 1. The maximum absolute atomic E-state index is 9.55. The Kier molecular flexibility index (Phi) is 4.14. The highest BCUT2D eigenvalue weighted by Gasteiger charge is 2.32. The van der Waals surface area contributed by atoms with E-state index >= 15 is 0 Å². The molecule has 0 radical (unpaired) electrons. The standard InChI is InChI=1S/C15H19ClN2/c1-12-5-4-9-15(11-17,10-8-12)18-14-7-3-2-6-13(14)16/h2-3,6-7,12,18H,4-5,8-10H2,1H3. The summed E-state index contributed by atoms with van der Waals surface area (Å²) in [7, 11) is 0. The normalized spacial score (nSPS) is 28.2. The monoisotopic (exact) mass is 262 g/mol. The van der Waals surface area contributed by atoms with Crippen molar-refractivity contribution in [3.8, 4) is 6.07 Å². The lowest BCUT2D eigenvalue weighted by Crippen LogP contribution is -2.36. The number of rotatable bonds is 2. The zero-order valence-corrected chi connectivity index (χ0v) is 11.5. The molecule has 1 aliphatic rings. The average molecular weight is 263 g/mol. The number of nitrogens with zero attached hydrogens (tertiary/aromatic N) is 1. The highest BCUT2D eigenvalue weighted by molar-refractivity contribution is 6.33. The smallest absolute Gasteiger partial charge is 0.125 e. The molecular weight excluding hydrogens is 244 g/mol. The van der Waals surface area contributed by atoms with E-state index in [4.69, 9.17) is 11.6 Å². The van der Waals surface area contributed by atoms with Crippen molar-refractivity contribution in [3.05, 3.63) is 29.3 Å². The average Bonchev–Trinajstić information content (AvgIpc) is 2.56. The highest BCUT2D eigenvalue weighted by Crippen LogP contribution is 2.34. The van der Waals surface area contributed by atoms with Gasteiger partial charge >= 0.3 is 0 Å². The second kappa shape index (κ2) is 5.63. The molecule has 1 aromatic rings. The maximum atomic E-state index is 9.55. The van der Waals surface area contributed by atoms with Crippen molar-refractivity contribution in [2.45, 2.75) is 44.6 Å². The number of benzene rings is 1. The van der Waals surface area contributed by atoms with Crippen LogP contribution in [0.15, 0.2) is 24.3 Å². The summed E-state index contributed by atoms with van der Waals surface area (Å²) in [5, 5.41) is 13.6. The van der Waals surface area contributed by atoms with E-state index < -0.39 is 5.54 Å². The summed E-state index contributed by atoms with van der Waals surface area (Å²) in [6, 6.07) is 10.1. The van der Waals surface area contributed by atoms with Crippen molar-refractivity contribution in [1.82, 2.24) is 0 Å². The van der Waals surface area contributed by atoms with Crippen LogP contribution in [0.2, 0.25) is 5.02 Å². The first-order valence-electron chi connectivity index (χ1n) is 6.59. The van der Waals surface area contributed by atoms with Gasteiger partial charge < -0.3 is 5.32 Å². The number of hydrogen-bond acceptors (Lipinski definition) is 2. The van der Waals surface area contributed by atoms with Crippen LogP contribution in [0.4, 0.5) is 5.69 Å². The maximum Gasteiger partial charge on any atom is 0.125 e. The van der Waals surface area contributed by atoms with E-state index in [2.05, 4.69) is 18.3 Å². The van der Waals surface area contributed by atoms with E-state index in [9.17, 15) is 5.26 Å². The molecule has 2 nitrogen and oxygen atoms in total. The number of hydrogen-bond donors (Lipinski definition) is 1. The molecule has 96 valence electrons. The third-order valence-electron chi connectivity index (χ3n) is 3.83. The first-order valence-corrected chi connectivity index (χ1v) is 6.97. The molecular formula is C15H19ClN2. The van der Waals surface area contributed by atoms with Gasteiger partial charge in [-0.15, -0.1) is 0 Å². The van der Waals surface area contributed by atoms with Crippen LogP contribution in [0.5, 0.6) is 0 Å². The van der Waals surface area contributed by atoms with Gasteiger partial charge in [0.2, 0.25) is 0 Å². The van der Waals surface area contributed by atoms with E-state index in [1.807, 2.05) is 24.3 Å². The minimum atomic E-state index is -0.449. The van der Waals surface area contributed by atoms with Gasteiger partial charge in [0.1, 0.15) is 5.54 Å². The lowest BCUT2D eigenvalue weighted by molar-refractivity contribution is 0.479. The van der Waals surface area contributed by atoms with Crippen LogP contribution in [0, 0.1) is 17.2 Å². The van der Waals surface area contributed by atoms with Gasteiger partial charge in [-0.25, -0.2) is 0 Å². The molecule has 18 heavy (non-hydrogen) atoms. The molecule has 1 saturated carbocycles. The van der Waals surface area contributed by atoms with Gasteiger partial charge in [0, 0.05) is 0 Å². The number of halogens is 1. The summed E-state index contributed by atoms with van der Waals surface area (Å²) >= 11 is 6.16. The number of para-hydroxylation sites is 1. The molecule has 1 N–H and O–H groups in total. The molecule has 0 heterocycles. The van der Waals surface area contributed by atoms with E-state index in [0.717, 1.165) is 31.4 Å². The molecule has 0 saturated heterocycles. The fourth-order valence-corrected chi connectivity index (χ4v) is 2.78. The first-order chi connectivity index (χ1) is 8.65. The summed E-state index contributed by atoms with van der Waals surface area (Å²) in [5.74, 6) is 0.716. The van der Waals surface area contributed by atoms with Gasteiger partial charge in [-0.2, -0.15) is 5.26 Å². The molecule has 2 rings (SSSR count). The topological polar surface area (TPSA) is 35.8 Å². The van der Waals surface area contributed by atoms with Gasteiger partial charge in [0.15, 0.2) is 0 Å². The SMILES string of the molecule is CC1CCCC(C#N)(Nc2ccccc2Cl)CC1. The third kappa shape index (κ3) is 2.97. The Hall–Kier alpha value is -1.20. The summed E-state index contributed by atoms with van der Waals surface area (Å²) in [6.07, 6.45) is 5.22. The summed E-state index contributed by atoms with van der Waals surface area (Å²) < 4.78 is 0. The molecule has 3 heteroatoms. The van der Waals surface area contributed by atoms with Crippen molar-refractivity contribution >= 4 is 17.3 Å². The van der Waals surface area contributed by atoms with Crippen LogP contribution in [0.3, 0.4) is 0 Å². The minimum absolute atomic E-state index is 0.449. The minimum Gasteiger partial charge on any atom is -0.366 e. The quantitative estimate of drug-likeness (QED) is 0.790. The van der Waals surface area contributed by atoms with E-state index in [1.54, 1.807) is 0 Å². The van der Waals surface area contributed by atoms with Gasteiger partial charge in [-0.3, -0.25) is 0 Å². The predicted octanol–water partition coefficient (Wildman–Crippen LogP) is 4.61. The predicted molar refractivity (Wildman–Crippen MR) is 75.7 cm³/mol. The second-order valence-electron chi connectivity index (χ2n) is 5.33. The second-order valence-corrected chi connectivity index (χ2v) is 5.74. The van der Waals surface area contributed by atoms with Gasteiger partial charge in [-0.05, 0) is 43.7 Å². The van der Waals surface area contributed by atoms with Gasteiger partial charge in [0.25, 0.3) is 0 Å². The summed E-state index contributed by atoms with van der Waals surface area (Å²) in [5.41, 5.74) is 0.422. The van der Waals surface area contributed by atoms with Crippen molar-refractivity contribution in [3.63, 3.8) is 0 Å². The molecule has 2 unspecified atom stereocenters. The lowest BCUT2D eigenvalue weighted by Gasteiger charge is -2.28. The van der Waals surface area contributed by atoms with E-state index in [-0.39, 0.29) is 0 Å².